The largest absolute Gasteiger partial charge is 0.383 e. The van der Waals surface area contributed by atoms with E-state index in [-0.39, 0.29) is 11.9 Å². The van der Waals surface area contributed by atoms with E-state index < -0.39 is 0 Å². The molecule has 0 saturated carbocycles. The number of piperidine rings is 1. The molecule has 3 rings (SSSR count). The van der Waals surface area contributed by atoms with Gasteiger partial charge in [-0.2, -0.15) is 0 Å². The Kier molecular flexibility index (Phi) is 7.68. The quantitative estimate of drug-likeness (QED) is 0.603. The van der Waals surface area contributed by atoms with Gasteiger partial charge in [0.05, 0.1) is 12.2 Å². The van der Waals surface area contributed by atoms with Crippen LogP contribution in [0.25, 0.3) is 0 Å². The van der Waals surface area contributed by atoms with Crippen LogP contribution in [-0.4, -0.2) is 45.3 Å². The first-order chi connectivity index (χ1) is 14.6. The maximum atomic E-state index is 12.8. The molecule has 1 aliphatic heterocycles. The second kappa shape index (κ2) is 10.6. The smallest absolute Gasteiger partial charge is 0.323 e. The molecule has 0 atom stereocenters. The molecule has 7 heteroatoms. The summed E-state index contributed by atoms with van der Waals surface area (Å²) in [5.41, 5.74) is 3.80. The number of ether oxygens (including phenoxy) is 1. The highest BCUT2D eigenvalue weighted by Gasteiger charge is 2.19. The average Bonchev–Trinajstić information content (AvgIpc) is 2.74. The first-order valence-electron chi connectivity index (χ1n) is 10.4. The number of carbonyl (C=O) groups excluding carboxylic acids is 2. The van der Waals surface area contributed by atoms with Crippen LogP contribution in [0.4, 0.5) is 21.9 Å². The summed E-state index contributed by atoms with van der Waals surface area (Å²) in [5, 5.41) is 8.54. The summed E-state index contributed by atoms with van der Waals surface area (Å²) in [6.45, 7) is 4.71. The predicted molar refractivity (Wildman–Crippen MR) is 121 cm³/mol. The molecule has 160 valence electrons. The molecule has 0 aromatic heterocycles. The number of urea groups is 1. The lowest BCUT2D eigenvalue weighted by Crippen LogP contribution is -2.33. The molecule has 0 aliphatic carbocycles. The minimum absolute atomic E-state index is 0.171. The monoisotopic (exact) mass is 410 g/mol. The van der Waals surface area contributed by atoms with Gasteiger partial charge in [0, 0.05) is 43.8 Å². The Balaban J connectivity index is 1.76. The van der Waals surface area contributed by atoms with Crippen LogP contribution >= 0.6 is 0 Å². The lowest BCUT2D eigenvalue weighted by Gasteiger charge is -2.30. The van der Waals surface area contributed by atoms with Gasteiger partial charge in [0.1, 0.15) is 0 Å². The number of benzene rings is 2. The number of anilines is 3. The van der Waals surface area contributed by atoms with Crippen molar-refractivity contribution in [1.29, 1.82) is 0 Å². The molecule has 30 heavy (non-hydrogen) atoms. The van der Waals surface area contributed by atoms with Crippen molar-refractivity contribution in [2.24, 2.45) is 0 Å². The molecule has 2 aromatic rings. The van der Waals surface area contributed by atoms with Crippen LogP contribution in [0.2, 0.25) is 0 Å². The lowest BCUT2D eigenvalue weighted by molar-refractivity contribution is 0.0937. The average molecular weight is 411 g/mol. The van der Waals surface area contributed by atoms with Gasteiger partial charge in [-0.05, 0) is 62.1 Å². The molecule has 0 radical (unpaired) electrons. The summed E-state index contributed by atoms with van der Waals surface area (Å²) < 4.78 is 5.03. The van der Waals surface area contributed by atoms with Crippen molar-refractivity contribution < 1.29 is 14.3 Å². The van der Waals surface area contributed by atoms with E-state index in [1.165, 1.54) is 6.42 Å². The third-order valence-corrected chi connectivity index (χ3v) is 5.06. The van der Waals surface area contributed by atoms with E-state index in [0.29, 0.717) is 24.4 Å². The van der Waals surface area contributed by atoms with Crippen LogP contribution in [0.15, 0.2) is 42.5 Å². The second-order valence-electron chi connectivity index (χ2n) is 7.48. The van der Waals surface area contributed by atoms with Crippen LogP contribution in [0, 0.1) is 6.92 Å². The number of nitrogens with zero attached hydrogens (tertiary/aromatic N) is 1. The number of methoxy groups -OCH3 is 1. The van der Waals surface area contributed by atoms with Crippen LogP contribution in [0.5, 0.6) is 0 Å². The molecule has 2 aromatic carbocycles. The zero-order valence-corrected chi connectivity index (χ0v) is 17.7. The summed E-state index contributed by atoms with van der Waals surface area (Å²) in [7, 11) is 1.60. The van der Waals surface area contributed by atoms with Crippen molar-refractivity contribution in [1.82, 2.24) is 5.32 Å². The van der Waals surface area contributed by atoms with Crippen molar-refractivity contribution in [2.75, 3.05) is 48.9 Å². The molecule has 1 aliphatic rings. The fourth-order valence-electron chi connectivity index (χ4n) is 3.58. The van der Waals surface area contributed by atoms with E-state index in [1.807, 2.05) is 43.3 Å². The van der Waals surface area contributed by atoms with Crippen molar-refractivity contribution >= 4 is 29.0 Å². The van der Waals surface area contributed by atoms with Crippen molar-refractivity contribution in [3.8, 4) is 0 Å². The number of carbonyl (C=O) groups is 2. The number of rotatable bonds is 7. The normalized spacial score (nSPS) is 13.6. The van der Waals surface area contributed by atoms with Gasteiger partial charge in [-0.25, -0.2) is 4.79 Å². The van der Waals surface area contributed by atoms with E-state index >= 15 is 0 Å². The van der Waals surface area contributed by atoms with Crippen LogP contribution in [-0.2, 0) is 4.74 Å². The Hall–Kier alpha value is -3.06. The third kappa shape index (κ3) is 5.97. The highest BCUT2D eigenvalue weighted by atomic mass is 16.5. The van der Waals surface area contributed by atoms with Crippen LogP contribution in [0.3, 0.4) is 0 Å². The van der Waals surface area contributed by atoms with Gasteiger partial charge >= 0.3 is 6.03 Å². The van der Waals surface area contributed by atoms with Gasteiger partial charge in [-0.1, -0.05) is 12.1 Å². The number of hydrogen-bond acceptors (Lipinski definition) is 4. The molecular formula is C23H30N4O3. The molecule has 0 spiro atoms. The summed E-state index contributed by atoms with van der Waals surface area (Å²) >= 11 is 0. The molecule has 1 saturated heterocycles. The Morgan fingerprint density at radius 2 is 1.73 bits per heavy atom. The molecule has 1 fully saturated rings. The zero-order valence-electron chi connectivity index (χ0n) is 17.7. The summed E-state index contributed by atoms with van der Waals surface area (Å²) in [4.78, 5) is 27.5. The molecule has 3 amide bonds. The number of hydrogen-bond donors (Lipinski definition) is 3. The third-order valence-electron chi connectivity index (χ3n) is 5.06. The molecule has 7 nitrogen and oxygen atoms in total. The Bertz CT molecular complexity index is 879. The Morgan fingerprint density at radius 1 is 1.00 bits per heavy atom. The molecule has 0 bridgehead atoms. The second-order valence-corrected chi connectivity index (χ2v) is 7.48. The van der Waals surface area contributed by atoms with E-state index in [9.17, 15) is 9.59 Å². The summed E-state index contributed by atoms with van der Waals surface area (Å²) in [6.07, 6.45) is 3.44. The first kappa shape index (κ1) is 21.6. The maximum Gasteiger partial charge on any atom is 0.323 e. The van der Waals surface area contributed by atoms with E-state index in [1.54, 1.807) is 13.2 Å². The van der Waals surface area contributed by atoms with Gasteiger partial charge in [-0.3, -0.25) is 4.79 Å². The van der Waals surface area contributed by atoms with Crippen LogP contribution in [0.1, 0.15) is 35.2 Å². The number of nitrogens with one attached hydrogen (secondary N) is 3. The first-order valence-corrected chi connectivity index (χ1v) is 10.4. The summed E-state index contributed by atoms with van der Waals surface area (Å²) in [5.74, 6) is -0.171. The minimum atomic E-state index is -0.350. The number of aryl methyl sites for hydroxylation is 1. The SMILES string of the molecule is COCCNC(=O)c1cc(NC(=O)Nc2cccc(C)c2)ccc1N1CCCCC1. The molecular weight excluding hydrogens is 380 g/mol. The van der Waals surface area contributed by atoms with Gasteiger partial charge in [-0.15, -0.1) is 0 Å². The minimum Gasteiger partial charge on any atom is -0.383 e. The van der Waals surface area contributed by atoms with E-state index in [2.05, 4.69) is 20.9 Å². The highest BCUT2D eigenvalue weighted by Crippen LogP contribution is 2.27. The molecule has 3 N–H and O–H groups in total. The fraction of sp³-hybridized carbons (Fsp3) is 0.391. The van der Waals surface area contributed by atoms with Crippen molar-refractivity contribution in [2.45, 2.75) is 26.2 Å². The van der Waals surface area contributed by atoms with Gasteiger partial charge in [0.25, 0.3) is 5.91 Å². The van der Waals surface area contributed by atoms with Gasteiger partial charge in [0.15, 0.2) is 0 Å². The molecule has 1 heterocycles. The maximum absolute atomic E-state index is 12.8. The zero-order chi connectivity index (χ0) is 21.3. The summed E-state index contributed by atoms with van der Waals surface area (Å²) in [6, 6.07) is 12.7. The van der Waals surface area contributed by atoms with E-state index in [0.717, 1.165) is 42.9 Å². The predicted octanol–water partition coefficient (Wildman–Crippen LogP) is 4.01. The van der Waals surface area contributed by atoms with Crippen molar-refractivity contribution in [3.05, 3.63) is 53.6 Å². The lowest BCUT2D eigenvalue weighted by atomic mass is 10.1. The Labute approximate surface area is 177 Å². The van der Waals surface area contributed by atoms with Gasteiger partial charge < -0.3 is 25.6 Å². The fourth-order valence-corrected chi connectivity index (χ4v) is 3.58. The topological polar surface area (TPSA) is 82.7 Å². The highest BCUT2D eigenvalue weighted by molar-refractivity contribution is 6.04. The van der Waals surface area contributed by atoms with Crippen molar-refractivity contribution in [3.63, 3.8) is 0 Å². The number of amides is 3. The Morgan fingerprint density at radius 3 is 2.43 bits per heavy atom. The van der Waals surface area contributed by atoms with Crippen LogP contribution < -0.4 is 20.9 Å². The van der Waals surface area contributed by atoms with Gasteiger partial charge in [0.2, 0.25) is 0 Å². The standard InChI is InChI=1S/C23H30N4O3/c1-17-7-6-8-18(15-17)25-23(29)26-19-9-10-21(27-12-4-3-5-13-27)20(16-19)22(28)24-11-14-30-2/h6-10,15-16H,3-5,11-14H2,1-2H3,(H,24,28)(H2,25,26,29). The van der Waals surface area contributed by atoms with E-state index in [4.69, 9.17) is 4.74 Å². The molecule has 0 unspecified atom stereocenters.